The number of ether oxygens (including phenoxy) is 1. The zero-order valence-corrected chi connectivity index (χ0v) is 16.5. The molecule has 0 aliphatic rings. The van der Waals surface area contributed by atoms with Crippen LogP contribution < -0.4 is 10.1 Å². The Balaban J connectivity index is 1.52. The topological polar surface area (TPSA) is 101 Å². The van der Waals surface area contributed by atoms with Gasteiger partial charge in [-0.25, -0.2) is 14.8 Å². The summed E-state index contributed by atoms with van der Waals surface area (Å²) in [5.41, 5.74) is 2.74. The number of carboxylic acids is 1. The highest BCUT2D eigenvalue weighted by atomic mass is 32.2. The number of hydrogen-bond donors (Lipinski definition) is 2. The molecule has 0 saturated carbocycles. The molecule has 1 heterocycles. The van der Waals surface area contributed by atoms with Crippen molar-refractivity contribution >= 4 is 23.6 Å². The van der Waals surface area contributed by atoms with Gasteiger partial charge >= 0.3 is 5.97 Å². The standard InChI is InChI=1S/C21H19N3O4S/c1-28-17-8-6-15(7-9-17)18-10-11-22-21(24-18)29-13-19(25)23-12-14-2-4-16(5-3-14)20(26)27/h2-11H,12-13H2,1H3,(H,23,25)(H,26,27). The van der Waals surface area contributed by atoms with Gasteiger partial charge in [-0.15, -0.1) is 0 Å². The predicted molar refractivity (Wildman–Crippen MR) is 110 cm³/mol. The van der Waals surface area contributed by atoms with Gasteiger partial charge in [-0.05, 0) is 48.0 Å². The normalized spacial score (nSPS) is 10.4. The molecule has 148 valence electrons. The van der Waals surface area contributed by atoms with Gasteiger partial charge in [0.25, 0.3) is 0 Å². The van der Waals surface area contributed by atoms with Crippen molar-refractivity contribution in [1.82, 2.24) is 15.3 Å². The summed E-state index contributed by atoms with van der Waals surface area (Å²) in [6, 6.07) is 15.7. The van der Waals surface area contributed by atoms with Crippen molar-refractivity contribution in [2.45, 2.75) is 11.7 Å². The van der Waals surface area contributed by atoms with E-state index in [9.17, 15) is 9.59 Å². The van der Waals surface area contributed by atoms with E-state index in [2.05, 4.69) is 15.3 Å². The zero-order valence-electron chi connectivity index (χ0n) is 15.7. The fourth-order valence-electron chi connectivity index (χ4n) is 2.48. The summed E-state index contributed by atoms with van der Waals surface area (Å²) in [4.78, 5) is 31.6. The maximum absolute atomic E-state index is 12.1. The molecule has 0 fully saturated rings. The van der Waals surface area contributed by atoms with E-state index in [1.807, 2.05) is 30.3 Å². The van der Waals surface area contributed by atoms with E-state index in [-0.39, 0.29) is 17.2 Å². The van der Waals surface area contributed by atoms with Gasteiger partial charge in [-0.1, -0.05) is 23.9 Å². The quantitative estimate of drug-likeness (QED) is 0.435. The molecule has 0 atom stereocenters. The van der Waals surface area contributed by atoms with Crippen molar-refractivity contribution in [3.8, 4) is 17.0 Å². The average molecular weight is 409 g/mol. The number of aromatic nitrogens is 2. The van der Waals surface area contributed by atoms with Crippen LogP contribution in [0.3, 0.4) is 0 Å². The number of rotatable bonds is 8. The summed E-state index contributed by atoms with van der Waals surface area (Å²) in [7, 11) is 1.62. The number of nitrogens with one attached hydrogen (secondary N) is 1. The molecule has 3 aromatic rings. The second kappa shape index (κ2) is 9.70. The number of benzene rings is 2. The molecule has 0 aliphatic carbocycles. The molecule has 0 bridgehead atoms. The van der Waals surface area contributed by atoms with Crippen molar-refractivity contribution in [3.05, 3.63) is 71.9 Å². The minimum atomic E-state index is -0.978. The molecule has 1 aromatic heterocycles. The van der Waals surface area contributed by atoms with Gasteiger partial charge in [-0.3, -0.25) is 4.79 Å². The highest BCUT2D eigenvalue weighted by molar-refractivity contribution is 7.99. The van der Waals surface area contributed by atoms with Crippen molar-refractivity contribution in [2.75, 3.05) is 12.9 Å². The lowest BCUT2D eigenvalue weighted by atomic mass is 10.1. The number of amides is 1. The lowest BCUT2D eigenvalue weighted by molar-refractivity contribution is -0.118. The Morgan fingerprint density at radius 1 is 1.07 bits per heavy atom. The predicted octanol–water partition coefficient (Wildman–Crippen LogP) is 3.26. The summed E-state index contributed by atoms with van der Waals surface area (Å²) in [6.07, 6.45) is 1.66. The molecule has 2 aromatic carbocycles. The van der Waals surface area contributed by atoms with E-state index in [0.717, 1.165) is 22.6 Å². The van der Waals surface area contributed by atoms with Gasteiger partial charge in [0.05, 0.1) is 24.1 Å². The first-order chi connectivity index (χ1) is 14.0. The van der Waals surface area contributed by atoms with Crippen molar-refractivity contribution in [1.29, 1.82) is 0 Å². The Morgan fingerprint density at radius 2 is 1.79 bits per heavy atom. The van der Waals surface area contributed by atoms with Crippen LogP contribution in [-0.4, -0.2) is 39.8 Å². The lowest BCUT2D eigenvalue weighted by Gasteiger charge is -2.07. The first-order valence-electron chi connectivity index (χ1n) is 8.74. The van der Waals surface area contributed by atoms with E-state index in [4.69, 9.17) is 9.84 Å². The average Bonchev–Trinajstić information content (AvgIpc) is 2.77. The van der Waals surface area contributed by atoms with E-state index >= 15 is 0 Å². The maximum Gasteiger partial charge on any atom is 0.335 e. The van der Waals surface area contributed by atoms with Crippen LogP contribution in [0.2, 0.25) is 0 Å². The third kappa shape index (κ3) is 5.79. The van der Waals surface area contributed by atoms with Crippen LogP contribution in [0, 0.1) is 0 Å². The Bertz CT molecular complexity index is 992. The molecule has 0 radical (unpaired) electrons. The minimum absolute atomic E-state index is 0.157. The number of methoxy groups -OCH3 is 1. The number of hydrogen-bond acceptors (Lipinski definition) is 6. The smallest absolute Gasteiger partial charge is 0.335 e. The number of thioether (sulfide) groups is 1. The van der Waals surface area contributed by atoms with E-state index in [0.29, 0.717) is 11.7 Å². The van der Waals surface area contributed by atoms with E-state index in [1.54, 1.807) is 25.4 Å². The minimum Gasteiger partial charge on any atom is -0.497 e. The second-order valence-electron chi connectivity index (χ2n) is 6.02. The zero-order chi connectivity index (χ0) is 20.6. The van der Waals surface area contributed by atoms with Crippen molar-refractivity contribution < 1.29 is 19.4 Å². The molecule has 8 heteroatoms. The summed E-state index contributed by atoms with van der Waals surface area (Å²) in [5.74, 6) is -0.185. The summed E-state index contributed by atoms with van der Waals surface area (Å²) < 4.78 is 5.16. The van der Waals surface area contributed by atoms with Gasteiger partial charge in [0.2, 0.25) is 5.91 Å². The second-order valence-corrected chi connectivity index (χ2v) is 6.96. The molecule has 0 spiro atoms. The molecule has 0 saturated heterocycles. The lowest BCUT2D eigenvalue weighted by Crippen LogP contribution is -2.24. The molecule has 0 aliphatic heterocycles. The Labute approximate surface area is 172 Å². The molecule has 1 amide bonds. The first kappa shape index (κ1) is 20.3. The number of aromatic carboxylic acids is 1. The Kier molecular flexibility index (Phi) is 6.80. The first-order valence-corrected chi connectivity index (χ1v) is 9.73. The fourth-order valence-corrected chi connectivity index (χ4v) is 3.14. The van der Waals surface area contributed by atoms with Crippen LogP contribution in [0.5, 0.6) is 5.75 Å². The molecule has 7 nitrogen and oxygen atoms in total. The highest BCUT2D eigenvalue weighted by Gasteiger charge is 2.08. The number of nitrogens with zero attached hydrogens (tertiary/aromatic N) is 2. The molecule has 29 heavy (non-hydrogen) atoms. The van der Waals surface area contributed by atoms with Crippen molar-refractivity contribution in [3.63, 3.8) is 0 Å². The van der Waals surface area contributed by atoms with Gasteiger partial charge < -0.3 is 15.2 Å². The van der Waals surface area contributed by atoms with Gasteiger partial charge in [0.1, 0.15) is 5.75 Å². The molecular formula is C21H19N3O4S. The van der Waals surface area contributed by atoms with Crippen LogP contribution in [0.25, 0.3) is 11.3 Å². The largest absolute Gasteiger partial charge is 0.497 e. The third-order valence-corrected chi connectivity index (χ3v) is 4.90. The third-order valence-electron chi connectivity index (χ3n) is 4.04. The molecule has 3 rings (SSSR count). The monoisotopic (exact) mass is 409 g/mol. The maximum atomic E-state index is 12.1. The van der Waals surface area contributed by atoms with Crippen LogP contribution in [0.4, 0.5) is 0 Å². The Hall–Kier alpha value is -3.39. The molecular weight excluding hydrogens is 390 g/mol. The SMILES string of the molecule is COc1ccc(-c2ccnc(SCC(=O)NCc3ccc(C(=O)O)cc3)n2)cc1. The summed E-state index contributed by atoms with van der Waals surface area (Å²) >= 11 is 1.25. The summed E-state index contributed by atoms with van der Waals surface area (Å²) in [5, 5.41) is 12.2. The van der Waals surface area contributed by atoms with Crippen LogP contribution in [-0.2, 0) is 11.3 Å². The summed E-state index contributed by atoms with van der Waals surface area (Å²) in [6.45, 7) is 0.325. The number of carbonyl (C=O) groups excluding carboxylic acids is 1. The fraction of sp³-hybridized carbons (Fsp3) is 0.143. The van der Waals surface area contributed by atoms with Crippen molar-refractivity contribution in [2.24, 2.45) is 0 Å². The van der Waals surface area contributed by atoms with E-state index < -0.39 is 5.97 Å². The number of carboxylic acid groups (broad SMARTS) is 1. The van der Waals surface area contributed by atoms with Gasteiger partial charge in [-0.2, -0.15) is 0 Å². The van der Waals surface area contributed by atoms with Gasteiger partial charge in [0, 0.05) is 18.3 Å². The van der Waals surface area contributed by atoms with Crippen LogP contribution in [0.15, 0.2) is 66.0 Å². The van der Waals surface area contributed by atoms with E-state index in [1.165, 1.54) is 23.9 Å². The van der Waals surface area contributed by atoms with Gasteiger partial charge in [0.15, 0.2) is 5.16 Å². The highest BCUT2D eigenvalue weighted by Crippen LogP contribution is 2.22. The van der Waals surface area contributed by atoms with Crippen LogP contribution >= 0.6 is 11.8 Å². The molecule has 2 N–H and O–H groups in total. The van der Waals surface area contributed by atoms with Crippen LogP contribution in [0.1, 0.15) is 15.9 Å². The molecule has 0 unspecified atom stereocenters. The Morgan fingerprint density at radius 3 is 2.45 bits per heavy atom. The number of carbonyl (C=O) groups is 2.